The van der Waals surface area contributed by atoms with Gasteiger partial charge in [0.05, 0.1) is 17.9 Å². The summed E-state index contributed by atoms with van der Waals surface area (Å²) < 4.78 is 1.54. The van der Waals surface area contributed by atoms with E-state index in [1.54, 1.807) is 17.1 Å². The molecule has 98 valence electrons. The van der Waals surface area contributed by atoms with E-state index in [0.29, 0.717) is 0 Å². The van der Waals surface area contributed by atoms with Crippen molar-refractivity contribution in [2.24, 2.45) is 5.73 Å². The maximum absolute atomic E-state index is 10.8. The number of aromatic nitrogens is 2. The van der Waals surface area contributed by atoms with E-state index < -0.39 is 5.91 Å². The van der Waals surface area contributed by atoms with Gasteiger partial charge in [-0.05, 0) is 11.6 Å². The first-order valence-corrected chi connectivity index (χ1v) is 7.00. The summed E-state index contributed by atoms with van der Waals surface area (Å²) in [7, 11) is 0. The number of anilines is 1. The molecule has 1 aromatic heterocycles. The number of nitrogens with zero attached hydrogens (tertiary/aromatic N) is 2. The third-order valence-corrected chi connectivity index (χ3v) is 4.17. The molecule has 0 spiro atoms. The second-order valence-corrected chi connectivity index (χ2v) is 5.50. The number of carbonyl (C=O) groups excluding carboxylic acids is 1. The summed E-state index contributed by atoms with van der Waals surface area (Å²) >= 11 is 1.85. The number of hydrogen-bond donors (Lipinski definition) is 2. The summed E-state index contributed by atoms with van der Waals surface area (Å²) in [6.07, 6.45) is 3.52. The Kier molecular flexibility index (Phi) is 3.16. The fourth-order valence-corrected chi connectivity index (χ4v) is 3.33. The van der Waals surface area contributed by atoms with E-state index in [4.69, 9.17) is 5.73 Å². The van der Waals surface area contributed by atoms with Crippen LogP contribution >= 0.6 is 11.8 Å². The van der Waals surface area contributed by atoms with E-state index >= 15 is 0 Å². The van der Waals surface area contributed by atoms with Gasteiger partial charge in [0.15, 0.2) is 0 Å². The molecule has 0 aliphatic carbocycles. The number of thioether (sulfide) groups is 1. The number of carbonyl (C=O) groups is 1. The third-order valence-electron chi connectivity index (χ3n) is 2.99. The highest BCUT2D eigenvalue weighted by molar-refractivity contribution is 7.99. The zero-order valence-electron chi connectivity index (χ0n) is 10.2. The largest absolute Gasteiger partial charge is 0.375 e. The fourth-order valence-electron chi connectivity index (χ4n) is 2.17. The van der Waals surface area contributed by atoms with E-state index in [1.807, 2.05) is 11.8 Å². The molecular formula is C13H14N4OS. The molecule has 3 N–H and O–H groups in total. The topological polar surface area (TPSA) is 72.9 Å². The lowest BCUT2D eigenvalue weighted by Crippen LogP contribution is -2.18. The predicted molar refractivity (Wildman–Crippen MR) is 75.0 cm³/mol. The Balaban J connectivity index is 1.73. The minimum atomic E-state index is -0.392. The number of fused-ring (bicyclic) bond motifs is 1. The normalized spacial score (nSPS) is 17.2. The van der Waals surface area contributed by atoms with Crippen LogP contribution in [-0.2, 0) is 11.3 Å². The Morgan fingerprint density at radius 1 is 1.53 bits per heavy atom. The Morgan fingerprint density at radius 3 is 3.21 bits per heavy atom. The van der Waals surface area contributed by atoms with Gasteiger partial charge in [-0.1, -0.05) is 18.2 Å². The smallest absolute Gasteiger partial charge is 0.239 e. The van der Waals surface area contributed by atoms with Crippen LogP contribution in [0.4, 0.5) is 5.69 Å². The molecule has 1 unspecified atom stereocenters. The number of hydrogen-bond acceptors (Lipinski definition) is 4. The molecule has 1 atom stereocenters. The molecule has 2 heterocycles. The van der Waals surface area contributed by atoms with E-state index in [-0.39, 0.29) is 12.6 Å². The highest BCUT2D eigenvalue weighted by Crippen LogP contribution is 2.39. The average Bonchev–Trinajstić information content (AvgIpc) is 2.97. The predicted octanol–water partition coefficient (Wildman–Crippen LogP) is 1.63. The minimum absolute atomic E-state index is 0.109. The van der Waals surface area contributed by atoms with Crippen molar-refractivity contribution < 1.29 is 4.79 Å². The van der Waals surface area contributed by atoms with E-state index in [1.165, 1.54) is 10.5 Å². The van der Waals surface area contributed by atoms with Crippen molar-refractivity contribution in [2.75, 3.05) is 11.1 Å². The number of nitrogens with two attached hydrogens (primary N) is 1. The number of primary amides is 1. The number of benzene rings is 1. The molecule has 0 bridgehead atoms. The zero-order chi connectivity index (χ0) is 13.2. The van der Waals surface area contributed by atoms with Gasteiger partial charge in [0.1, 0.15) is 6.54 Å². The molecule has 1 amide bonds. The standard InChI is InChI=1S/C13H14N4OS/c14-13(18)7-17-6-9(5-15-17)16-11-8-19-12-4-2-1-3-10(11)12/h1-6,11,16H,7-8H2,(H2,14,18). The molecule has 5 nitrogen and oxygen atoms in total. The molecule has 0 saturated heterocycles. The Labute approximate surface area is 115 Å². The van der Waals surface area contributed by atoms with Gasteiger partial charge in [-0.25, -0.2) is 0 Å². The van der Waals surface area contributed by atoms with Crippen molar-refractivity contribution in [3.8, 4) is 0 Å². The molecular weight excluding hydrogens is 260 g/mol. The second kappa shape index (κ2) is 4.97. The molecule has 19 heavy (non-hydrogen) atoms. The lowest BCUT2D eigenvalue weighted by molar-refractivity contribution is -0.118. The van der Waals surface area contributed by atoms with Crippen LogP contribution in [0.2, 0.25) is 0 Å². The molecule has 6 heteroatoms. The Hall–Kier alpha value is -1.95. The van der Waals surface area contributed by atoms with Gasteiger partial charge in [-0.15, -0.1) is 11.8 Å². The van der Waals surface area contributed by atoms with E-state index in [0.717, 1.165) is 11.4 Å². The van der Waals surface area contributed by atoms with Gasteiger partial charge in [-0.2, -0.15) is 5.10 Å². The van der Waals surface area contributed by atoms with Crippen LogP contribution in [0.5, 0.6) is 0 Å². The first-order valence-electron chi connectivity index (χ1n) is 6.01. The summed E-state index contributed by atoms with van der Waals surface area (Å²) in [5.74, 6) is 0.608. The SMILES string of the molecule is NC(=O)Cn1cc(NC2CSc3ccccc32)cn1. The van der Waals surface area contributed by atoms with Crippen molar-refractivity contribution in [3.63, 3.8) is 0 Å². The third kappa shape index (κ3) is 2.58. The highest BCUT2D eigenvalue weighted by atomic mass is 32.2. The fraction of sp³-hybridized carbons (Fsp3) is 0.231. The molecule has 1 aromatic carbocycles. The quantitative estimate of drug-likeness (QED) is 0.888. The summed E-state index contributed by atoms with van der Waals surface area (Å²) in [6, 6.07) is 8.67. The molecule has 2 aromatic rings. The van der Waals surface area contributed by atoms with E-state index in [2.05, 4.69) is 34.7 Å². The van der Waals surface area contributed by atoms with Crippen molar-refractivity contribution in [1.82, 2.24) is 9.78 Å². The molecule has 0 saturated carbocycles. The van der Waals surface area contributed by atoms with Crippen molar-refractivity contribution in [1.29, 1.82) is 0 Å². The first kappa shape index (κ1) is 12.1. The van der Waals surface area contributed by atoms with Crippen LogP contribution in [0.3, 0.4) is 0 Å². The summed E-state index contributed by atoms with van der Waals surface area (Å²) in [5.41, 5.74) is 7.36. The molecule has 3 rings (SSSR count). The van der Waals surface area contributed by atoms with Crippen molar-refractivity contribution in [3.05, 3.63) is 42.2 Å². The number of nitrogens with one attached hydrogen (secondary N) is 1. The Morgan fingerprint density at radius 2 is 2.37 bits per heavy atom. The monoisotopic (exact) mass is 274 g/mol. The summed E-state index contributed by atoms with van der Waals surface area (Å²) in [5, 5.41) is 7.54. The van der Waals surface area contributed by atoms with Crippen LogP contribution in [0.15, 0.2) is 41.6 Å². The van der Waals surface area contributed by atoms with E-state index in [9.17, 15) is 4.79 Å². The van der Waals surface area contributed by atoms with Crippen molar-refractivity contribution >= 4 is 23.4 Å². The minimum Gasteiger partial charge on any atom is -0.375 e. The van der Waals surface area contributed by atoms with Crippen LogP contribution in [0.1, 0.15) is 11.6 Å². The zero-order valence-corrected chi connectivity index (χ0v) is 11.1. The van der Waals surface area contributed by atoms with Crippen LogP contribution in [0, 0.1) is 0 Å². The second-order valence-electron chi connectivity index (χ2n) is 4.44. The van der Waals surface area contributed by atoms with Gasteiger partial charge in [0, 0.05) is 16.8 Å². The van der Waals surface area contributed by atoms with Crippen LogP contribution in [-0.4, -0.2) is 21.4 Å². The lowest BCUT2D eigenvalue weighted by Gasteiger charge is -2.12. The lowest BCUT2D eigenvalue weighted by atomic mass is 10.1. The first-order chi connectivity index (χ1) is 9.22. The average molecular weight is 274 g/mol. The summed E-state index contributed by atoms with van der Waals surface area (Å²) in [4.78, 5) is 12.1. The number of amides is 1. The maximum Gasteiger partial charge on any atom is 0.239 e. The molecule has 0 radical (unpaired) electrons. The highest BCUT2D eigenvalue weighted by Gasteiger charge is 2.22. The maximum atomic E-state index is 10.8. The van der Waals surface area contributed by atoms with Gasteiger partial charge in [0.2, 0.25) is 5.91 Å². The van der Waals surface area contributed by atoms with Gasteiger partial charge >= 0.3 is 0 Å². The van der Waals surface area contributed by atoms with Crippen molar-refractivity contribution in [2.45, 2.75) is 17.5 Å². The van der Waals surface area contributed by atoms with Crippen LogP contribution < -0.4 is 11.1 Å². The van der Waals surface area contributed by atoms with Gasteiger partial charge in [-0.3, -0.25) is 9.48 Å². The Bertz CT molecular complexity index is 610. The van der Waals surface area contributed by atoms with Gasteiger partial charge < -0.3 is 11.1 Å². The molecule has 0 fully saturated rings. The van der Waals surface area contributed by atoms with Gasteiger partial charge in [0.25, 0.3) is 0 Å². The molecule has 1 aliphatic heterocycles. The summed E-state index contributed by atoms with van der Waals surface area (Å²) in [6.45, 7) is 0.109. The molecule has 1 aliphatic rings. The number of rotatable bonds is 4. The van der Waals surface area contributed by atoms with Crippen LogP contribution in [0.25, 0.3) is 0 Å².